The summed E-state index contributed by atoms with van der Waals surface area (Å²) in [4.78, 5) is 33.7. The molecule has 0 fully saturated rings. The molecule has 0 heterocycles. The minimum absolute atomic E-state index is 0.0671. The summed E-state index contributed by atoms with van der Waals surface area (Å²) in [5, 5.41) is 16.3. The minimum atomic E-state index is -0.499. The van der Waals surface area contributed by atoms with Crippen LogP contribution in [0.4, 0.5) is 17.1 Å². The molecule has 0 spiro atoms. The third-order valence-corrected chi connectivity index (χ3v) is 3.31. The second kappa shape index (κ2) is 8.39. The molecule has 0 saturated heterocycles. The largest absolute Gasteiger partial charge is 0.326 e. The topological polar surface area (TPSA) is 101 Å². The predicted molar refractivity (Wildman–Crippen MR) is 96.1 cm³/mol. The van der Waals surface area contributed by atoms with Gasteiger partial charge in [0.15, 0.2) is 0 Å². The maximum absolute atomic E-state index is 11.9. The van der Waals surface area contributed by atoms with Gasteiger partial charge in [-0.15, -0.1) is 0 Å². The second-order valence-corrected chi connectivity index (χ2v) is 5.12. The van der Waals surface area contributed by atoms with Crippen LogP contribution < -0.4 is 10.6 Å². The Morgan fingerprint density at radius 3 is 2.24 bits per heavy atom. The minimum Gasteiger partial charge on any atom is -0.326 e. The van der Waals surface area contributed by atoms with Crippen molar-refractivity contribution < 1.29 is 14.5 Å². The lowest BCUT2D eigenvalue weighted by atomic mass is 10.1. The van der Waals surface area contributed by atoms with Gasteiger partial charge in [-0.3, -0.25) is 19.7 Å². The van der Waals surface area contributed by atoms with Crippen LogP contribution in [-0.4, -0.2) is 16.7 Å². The van der Waals surface area contributed by atoms with Crippen LogP contribution in [0.5, 0.6) is 0 Å². The Morgan fingerprint density at radius 1 is 1.04 bits per heavy atom. The van der Waals surface area contributed by atoms with Gasteiger partial charge in [-0.1, -0.05) is 19.1 Å². The van der Waals surface area contributed by atoms with Gasteiger partial charge in [0.05, 0.1) is 10.5 Å². The highest BCUT2D eigenvalue weighted by atomic mass is 16.6. The van der Waals surface area contributed by atoms with E-state index in [9.17, 15) is 19.7 Å². The SMILES string of the molecule is CCC(=O)Nc1ccc(NC(=O)/C=C/c2ccccc2[N+](=O)[O-])cc1. The van der Waals surface area contributed by atoms with Crippen LogP contribution in [0, 0.1) is 10.1 Å². The third kappa shape index (κ3) is 5.28. The Bertz CT molecular complexity index is 813. The molecule has 2 aromatic rings. The highest BCUT2D eigenvalue weighted by molar-refractivity contribution is 6.02. The van der Waals surface area contributed by atoms with E-state index >= 15 is 0 Å². The number of anilines is 2. The molecule has 0 atom stereocenters. The number of nitro benzene ring substituents is 1. The summed E-state index contributed by atoms with van der Waals surface area (Å²) in [6.45, 7) is 1.76. The molecule has 0 bridgehead atoms. The van der Waals surface area contributed by atoms with Crippen LogP contribution in [0.25, 0.3) is 6.08 Å². The zero-order valence-electron chi connectivity index (χ0n) is 13.6. The van der Waals surface area contributed by atoms with E-state index in [4.69, 9.17) is 0 Å². The zero-order chi connectivity index (χ0) is 18.2. The fourth-order valence-electron chi connectivity index (χ4n) is 2.03. The van der Waals surface area contributed by atoms with Gasteiger partial charge in [-0.2, -0.15) is 0 Å². The number of nitro groups is 1. The molecule has 0 radical (unpaired) electrons. The standard InChI is InChI=1S/C18H17N3O4/c1-2-17(22)19-14-8-10-15(11-9-14)20-18(23)12-7-13-5-3-4-6-16(13)21(24)25/h3-12H,2H2,1H3,(H,19,22)(H,20,23)/b12-7+. The fourth-order valence-corrected chi connectivity index (χ4v) is 2.03. The van der Waals surface area contributed by atoms with Gasteiger partial charge in [0.1, 0.15) is 0 Å². The van der Waals surface area contributed by atoms with Gasteiger partial charge in [0.2, 0.25) is 11.8 Å². The Hall–Kier alpha value is -3.48. The van der Waals surface area contributed by atoms with E-state index in [1.165, 1.54) is 18.2 Å². The van der Waals surface area contributed by atoms with Crippen LogP contribution in [0.15, 0.2) is 54.6 Å². The molecule has 7 nitrogen and oxygen atoms in total. The highest BCUT2D eigenvalue weighted by Crippen LogP contribution is 2.19. The van der Waals surface area contributed by atoms with E-state index in [0.717, 1.165) is 0 Å². The van der Waals surface area contributed by atoms with Gasteiger partial charge >= 0.3 is 0 Å². The summed E-state index contributed by atoms with van der Waals surface area (Å²) in [7, 11) is 0. The Kier molecular flexibility index (Phi) is 6.00. The van der Waals surface area contributed by atoms with Crippen molar-refractivity contribution in [3.05, 3.63) is 70.3 Å². The Balaban J connectivity index is 2.01. The summed E-state index contributed by atoms with van der Waals surface area (Å²) >= 11 is 0. The molecule has 2 N–H and O–H groups in total. The molecule has 0 aliphatic carbocycles. The van der Waals surface area contributed by atoms with Crippen molar-refractivity contribution in [1.29, 1.82) is 0 Å². The van der Waals surface area contributed by atoms with E-state index in [1.807, 2.05) is 0 Å². The first kappa shape index (κ1) is 17.9. The van der Waals surface area contributed by atoms with Gasteiger partial charge < -0.3 is 10.6 Å². The van der Waals surface area contributed by atoms with Crippen molar-refractivity contribution in [3.63, 3.8) is 0 Å². The van der Waals surface area contributed by atoms with Crippen LogP contribution in [0.1, 0.15) is 18.9 Å². The normalized spacial score (nSPS) is 10.4. The van der Waals surface area contributed by atoms with Crippen molar-refractivity contribution in [1.82, 2.24) is 0 Å². The number of hydrogen-bond acceptors (Lipinski definition) is 4. The second-order valence-electron chi connectivity index (χ2n) is 5.12. The molecule has 2 amide bonds. The first-order valence-corrected chi connectivity index (χ1v) is 7.62. The van der Waals surface area contributed by atoms with Gasteiger partial charge in [0, 0.05) is 29.9 Å². The molecule has 25 heavy (non-hydrogen) atoms. The number of benzene rings is 2. The molecule has 2 aromatic carbocycles. The molecular weight excluding hydrogens is 322 g/mol. The number of carbonyl (C=O) groups excluding carboxylic acids is 2. The van der Waals surface area contributed by atoms with Gasteiger partial charge in [-0.05, 0) is 36.4 Å². The van der Waals surface area contributed by atoms with Crippen molar-refractivity contribution in [2.45, 2.75) is 13.3 Å². The molecule has 7 heteroatoms. The number of nitrogens with one attached hydrogen (secondary N) is 2. The summed E-state index contributed by atoms with van der Waals surface area (Å²) in [6.07, 6.45) is 3.01. The Labute approximate surface area is 144 Å². The smallest absolute Gasteiger partial charge is 0.276 e. The number of hydrogen-bond donors (Lipinski definition) is 2. The zero-order valence-corrected chi connectivity index (χ0v) is 13.6. The lowest BCUT2D eigenvalue weighted by Gasteiger charge is -2.06. The summed E-state index contributed by atoms with van der Waals surface area (Å²) in [6, 6.07) is 12.8. The quantitative estimate of drug-likeness (QED) is 0.477. The molecule has 0 aromatic heterocycles. The number of nitrogens with zero attached hydrogens (tertiary/aromatic N) is 1. The van der Waals surface area contributed by atoms with E-state index in [2.05, 4.69) is 10.6 Å². The summed E-state index contributed by atoms with van der Waals surface area (Å²) in [5.74, 6) is -0.507. The predicted octanol–water partition coefficient (Wildman–Crippen LogP) is 3.60. The maximum Gasteiger partial charge on any atom is 0.276 e. The third-order valence-electron chi connectivity index (χ3n) is 3.31. The number of carbonyl (C=O) groups is 2. The Morgan fingerprint density at radius 2 is 1.64 bits per heavy atom. The van der Waals surface area contributed by atoms with E-state index in [0.29, 0.717) is 23.4 Å². The van der Waals surface area contributed by atoms with Gasteiger partial charge in [0.25, 0.3) is 5.69 Å². The molecular formula is C18H17N3O4. The monoisotopic (exact) mass is 339 g/mol. The highest BCUT2D eigenvalue weighted by Gasteiger charge is 2.09. The lowest BCUT2D eigenvalue weighted by molar-refractivity contribution is -0.385. The molecule has 128 valence electrons. The van der Waals surface area contributed by atoms with Gasteiger partial charge in [-0.25, -0.2) is 0 Å². The van der Waals surface area contributed by atoms with Crippen molar-refractivity contribution >= 4 is 35.0 Å². The number of amides is 2. The van der Waals surface area contributed by atoms with Crippen molar-refractivity contribution in [2.75, 3.05) is 10.6 Å². The summed E-state index contributed by atoms with van der Waals surface area (Å²) in [5.41, 5.74) is 1.47. The van der Waals surface area contributed by atoms with Crippen LogP contribution >= 0.6 is 0 Å². The van der Waals surface area contributed by atoms with Crippen LogP contribution in [0.2, 0.25) is 0 Å². The van der Waals surface area contributed by atoms with E-state index in [1.54, 1.807) is 49.4 Å². The molecule has 0 saturated carbocycles. The van der Waals surface area contributed by atoms with E-state index in [-0.39, 0.29) is 11.6 Å². The molecule has 0 aliphatic heterocycles. The number of para-hydroxylation sites is 1. The first-order valence-electron chi connectivity index (χ1n) is 7.62. The molecule has 0 aliphatic rings. The first-order chi connectivity index (χ1) is 12.0. The van der Waals surface area contributed by atoms with Crippen LogP contribution in [-0.2, 0) is 9.59 Å². The van der Waals surface area contributed by atoms with Crippen molar-refractivity contribution in [2.24, 2.45) is 0 Å². The molecule has 0 unspecified atom stereocenters. The average molecular weight is 339 g/mol. The lowest BCUT2D eigenvalue weighted by Crippen LogP contribution is -2.10. The van der Waals surface area contributed by atoms with Crippen LogP contribution in [0.3, 0.4) is 0 Å². The number of rotatable bonds is 6. The maximum atomic E-state index is 11.9. The van der Waals surface area contributed by atoms with Crippen molar-refractivity contribution in [3.8, 4) is 0 Å². The fraction of sp³-hybridized carbons (Fsp3) is 0.111. The summed E-state index contributed by atoms with van der Waals surface area (Å²) < 4.78 is 0. The molecule has 2 rings (SSSR count). The average Bonchev–Trinajstić information content (AvgIpc) is 2.61. The van der Waals surface area contributed by atoms with E-state index < -0.39 is 10.8 Å².